The minimum Gasteiger partial charge on any atom is -0.340 e. The van der Waals surface area contributed by atoms with Crippen molar-refractivity contribution < 1.29 is 4.79 Å². The van der Waals surface area contributed by atoms with Gasteiger partial charge in [-0.25, -0.2) is 0 Å². The number of piperazine rings is 1. The molecular formula is C11H23N3O. The van der Waals surface area contributed by atoms with Gasteiger partial charge in [-0.05, 0) is 20.5 Å². The molecule has 1 aliphatic rings. The van der Waals surface area contributed by atoms with E-state index in [2.05, 4.69) is 24.2 Å². The summed E-state index contributed by atoms with van der Waals surface area (Å²) in [6, 6.07) is 0.463. The molecular weight excluding hydrogens is 190 g/mol. The Kier molecular flexibility index (Phi) is 5.05. The van der Waals surface area contributed by atoms with Gasteiger partial charge in [-0.3, -0.25) is 9.69 Å². The topological polar surface area (TPSA) is 35.6 Å². The van der Waals surface area contributed by atoms with Gasteiger partial charge in [0.05, 0.1) is 0 Å². The average Bonchev–Trinajstić information content (AvgIpc) is 2.22. The highest BCUT2D eigenvalue weighted by Crippen LogP contribution is 2.09. The third-order valence-electron chi connectivity index (χ3n) is 3.03. The van der Waals surface area contributed by atoms with Crippen LogP contribution in [0.5, 0.6) is 0 Å². The van der Waals surface area contributed by atoms with Crippen LogP contribution >= 0.6 is 0 Å². The first kappa shape index (κ1) is 12.5. The molecule has 1 amide bonds. The molecule has 0 saturated carbocycles. The molecule has 88 valence electrons. The van der Waals surface area contributed by atoms with Crippen LogP contribution in [0.15, 0.2) is 0 Å². The molecule has 0 aliphatic carbocycles. The smallest absolute Gasteiger partial charge is 0.222 e. The summed E-state index contributed by atoms with van der Waals surface area (Å²) in [5, 5.41) is 3.18. The molecule has 1 heterocycles. The van der Waals surface area contributed by atoms with E-state index in [0.717, 1.165) is 32.6 Å². The summed E-state index contributed by atoms with van der Waals surface area (Å²) >= 11 is 0. The van der Waals surface area contributed by atoms with Crippen LogP contribution in [0.4, 0.5) is 0 Å². The van der Waals surface area contributed by atoms with Gasteiger partial charge >= 0.3 is 0 Å². The highest BCUT2D eigenvalue weighted by atomic mass is 16.2. The minimum absolute atomic E-state index is 0.312. The van der Waals surface area contributed by atoms with Gasteiger partial charge in [0.15, 0.2) is 0 Å². The predicted octanol–water partition coefficient (Wildman–Crippen LogP) is 0.149. The maximum atomic E-state index is 11.7. The van der Waals surface area contributed by atoms with Crippen molar-refractivity contribution in [2.45, 2.75) is 25.8 Å². The molecule has 1 rings (SSSR count). The van der Waals surface area contributed by atoms with E-state index in [4.69, 9.17) is 0 Å². The average molecular weight is 213 g/mol. The van der Waals surface area contributed by atoms with E-state index in [0.29, 0.717) is 18.4 Å². The lowest BCUT2D eigenvalue weighted by atomic mass is 10.1. The van der Waals surface area contributed by atoms with Crippen LogP contribution in [0.25, 0.3) is 0 Å². The summed E-state index contributed by atoms with van der Waals surface area (Å²) in [5.74, 6) is 0.312. The Balaban J connectivity index is 2.45. The van der Waals surface area contributed by atoms with Gasteiger partial charge < -0.3 is 10.2 Å². The number of carbonyl (C=O) groups excluding carboxylic acids is 1. The molecule has 1 aliphatic heterocycles. The lowest BCUT2D eigenvalue weighted by molar-refractivity contribution is -0.133. The summed E-state index contributed by atoms with van der Waals surface area (Å²) in [6.07, 6.45) is 1.64. The Morgan fingerprint density at radius 3 is 2.80 bits per heavy atom. The van der Waals surface area contributed by atoms with E-state index in [9.17, 15) is 4.79 Å². The molecule has 0 aromatic heterocycles. The van der Waals surface area contributed by atoms with Crippen LogP contribution in [0.3, 0.4) is 0 Å². The van der Waals surface area contributed by atoms with Crippen LogP contribution in [-0.4, -0.2) is 62.0 Å². The van der Waals surface area contributed by atoms with E-state index >= 15 is 0 Å². The fraction of sp³-hybridized carbons (Fsp3) is 0.909. The second kappa shape index (κ2) is 6.08. The minimum atomic E-state index is 0.312. The van der Waals surface area contributed by atoms with Crippen LogP contribution in [0.2, 0.25) is 0 Å². The van der Waals surface area contributed by atoms with Crippen LogP contribution in [-0.2, 0) is 4.79 Å². The first-order valence-electron chi connectivity index (χ1n) is 5.81. The van der Waals surface area contributed by atoms with E-state index in [1.807, 2.05) is 11.9 Å². The maximum Gasteiger partial charge on any atom is 0.222 e. The molecule has 0 aromatic rings. The fourth-order valence-corrected chi connectivity index (χ4v) is 2.00. The van der Waals surface area contributed by atoms with Gasteiger partial charge in [-0.2, -0.15) is 0 Å². The molecule has 1 N–H and O–H groups in total. The number of nitrogens with zero attached hydrogens (tertiary/aromatic N) is 2. The number of nitrogens with one attached hydrogen (secondary N) is 1. The number of rotatable bonds is 4. The molecule has 0 aromatic carbocycles. The largest absolute Gasteiger partial charge is 0.340 e. The summed E-state index contributed by atoms with van der Waals surface area (Å²) in [5.41, 5.74) is 0. The van der Waals surface area contributed by atoms with Crippen molar-refractivity contribution in [3.05, 3.63) is 0 Å². The molecule has 1 unspecified atom stereocenters. The molecule has 0 spiro atoms. The van der Waals surface area contributed by atoms with Gasteiger partial charge in [0, 0.05) is 38.6 Å². The highest BCUT2D eigenvalue weighted by Gasteiger charge is 2.25. The van der Waals surface area contributed by atoms with Crippen molar-refractivity contribution in [1.29, 1.82) is 0 Å². The monoisotopic (exact) mass is 213 g/mol. The molecule has 0 bridgehead atoms. The van der Waals surface area contributed by atoms with E-state index < -0.39 is 0 Å². The third-order valence-corrected chi connectivity index (χ3v) is 3.03. The lowest BCUT2D eigenvalue weighted by Gasteiger charge is -2.39. The molecule has 1 fully saturated rings. The number of amides is 1. The van der Waals surface area contributed by atoms with E-state index in [-0.39, 0.29) is 0 Å². The first-order valence-corrected chi connectivity index (χ1v) is 5.81. The molecule has 4 nitrogen and oxygen atoms in total. The SMILES string of the molecule is CCCC(=O)N1CCN(C)C(CNC)C1. The summed E-state index contributed by atoms with van der Waals surface area (Å²) < 4.78 is 0. The summed E-state index contributed by atoms with van der Waals surface area (Å²) in [6.45, 7) is 5.75. The summed E-state index contributed by atoms with van der Waals surface area (Å²) in [4.78, 5) is 16.1. The van der Waals surface area contributed by atoms with Crippen LogP contribution in [0.1, 0.15) is 19.8 Å². The van der Waals surface area contributed by atoms with E-state index in [1.165, 1.54) is 0 Å². The van der Waals surface area contributed by atoms with Crippen molar-refractivity contribution in [3.63, 3.8) is 0 Å². The maximum absolute atomic E-state index is 11.7. The Bertz CT molecular complexity index is 208. The number of hydrogen-bond acceptors (Lipinski definition) is 3. The van der Waals surface area contributed by atoms with Crippen molar-refractivity contribution in [1.82, 2.24) is 15.1 Å². The zero-order valence-electron chi connectivity index (χ0n) is 10.1. The molecule has 0 radical (unpaired) electrons. The zero-order valence-corrected chi connectivity index (χ0v) is 10.1. The van der Waals surface area contributed by atoms with Gasteiger partial charge in [0.2, 0.25) is 5.91 Å². The van der Waals surface area contributed by atoms with Crippen LogP contribution < -0.4 is 5.32 Å². The number of hydrogen-bond donors (Lipinski definition) is 1. The lowest BCUT2D eigenvalue weighted by Crippen LogP contribution is -2.56. The van der Waals surface area contributed by atoms with Gasteiger partial charge in [-0.1, -0.05) is 6.92 Å². The molecule has 4 heteroatoms. The first-order chi connectivity index (χ1) is 7.19. The van der Waals surface area contributed by atoms with Crippen molar-refractivity contribution in [3.8, 4) is 0 Å². The van der Waals surface area contributed by atoms with Crippen molar-refractivity contribution in [2.24, 2.45) is 0 Å². The standard InChI is InChI=1S/C11H23N3O/c1-4-5-11(15)14-7-6-13(3)10(9-14)8-12-2/h10,12H,4-9H2,1-3H3. The fourth-order valence-electron chi connectivity index (χ4n) is 2.00. The van der Waals surface area contributed by atoms with Gasteiger partial charge in [-0.15, -0.1) is 0 Å². The number of likely N-dealkylation sites (N-methyl/N-ethyl adjacent to an activating group) is 2. The Labute approximate surface area is 92.6 Å². The Morgan fingerprint density at radius 2 is 2.20 bits per heavy atom. The molecule has 1 saturated heterocycles. The summed E-state index contributed by atoms with van der Waals surface area (Å²) in [7, 11) is 4.09. The van der Waals surface area contributed by atoms with E-state index in [1.54, 1.807) is 0 Å². The van der Waals surface area contributed by atoms with Crippen molar-refractivity contribution >= 4 is 5.91 Å². The van der Waals surface area contributed by atoms with Gasteiger partial charge in [0.1, 0.15) is 0 Å². The van der Waals surface area contributed by atoms with Crippen molar-refractivity contribution in [2.75, 3.05) is 40.3 Å². The molecule has 1 atom stereocenters. The number of carbonyl (C=O) groups is 1. The second-order valence-electron chi connectivity index (χ2n) is 4.28. The zero-order chi connectivity index (χ0) is 11.3. The van der Waals surface area contributed by atoms with Gasteiger partial charge in [0.25, 0.3) is 0 Å². The molecule has 15 heavy (non-hydrogen) atoms. The quantitative estimate of drug-likeness (QED) is 0.722. The second-order valence-corrected chi connectivity index (χ2v) is 4.28. The Morgan fingerprint density at radius 1 is 1.47 bits per heavy atom. The Hall–Kier alpha value is -0.610. The third kappa shape index (κ3) is 3.47. The van der Waals surface area contributed by atoms with Crippen LogP contribution in [0, 0.1) is 0 Å². The predicted molar refractivity (Wildman–Crippen MR) is 61.8 cm³/mol. The highest BCUT2D eigenvalue weighted by molar-refractivity contribution is 5.76. The normalized spacial score (nSPS) is 23.1.